The Bertz CT molecular complexity index is 788. The first kappa shape index (κ1) is 13.7. The minimum atomic E-state index is -4.34. The van der Waals surface area contributed by atoms with Crippen molar-refractivity contribution in [3.8, 4) is 0 Å². The molecule has 21 heavy (non-hydrogen) atoms. The minimum Gasteiger partial charge on any atom is -0.342 e. The quantitative estimate of drug-likeness (QED) is 0.740. The van der Waals surface area contributed by atoms with E-state index in [1.54, 1.807) is 0 Å². The lowest BCUT2D eigenvalue weighted by molar-refractivity contribution is -0.137. The Morgan fingerprint density at radius 2 is 1.90 bits per heavy atom. The second-order valence-electron chi connectivity index (χ2n) is 5.08. The lowest BCUT2D eigenvalue weighted by atomic mass is 10.1. The molecule has 1 N–H and O–H groups in total. The molecular weight excluding hydrogens is 277 g/mol. The fourth-order valence-corrected chi connectivity index (χ4v) is 2.34. The number of imidazole rings is 1. The highest BCUT2D eigenvalue weighted by Crippen LogP contribution is 2.30. The lowest BCUT2D eigenvalue weighted by Gasteiger charge is -2.05. The van der Waals surface area contributed by atoms with E-state index in [0.29, 0.717) is 23.3 Å². The van der Waals surface area contributed by atoms with Gasteiger partial charge >= 0.3 is 6.18 Å². The number of fused-ring (bicyclic) bond motifs is 1. The molecule has 2 nitrogen and oxygen atoms in total. The summed E-state index contributed by atoms with van der Waals surface area (Å²) in [5.41, 5.74) is 2.51. The Morgan fingerprint density at radius 1 is 1.10 bits per heavy atom. The van der Waals surface area contributed by atoms with Crippen LogP contribution in [0.15, 0.2) is 42.5 Å². The number of hydrogen-bond donors (Lipinski definition) is 1. The number of rotatable bonds is 2. The summed E-state index contributed by atoms with van der Waals surface area (Å²) >= 11 is 0. The van der Waals surface area contributed by atoms with Crippen LogP contribution >= 0.6 is 0 Å². The number of H-pyrrole nitrogens is 1. The van der Waals surface area contributed by atoms with Gasteiger partial charge in [0.2, 0.25) is 0 Å². The van der Waals surface area contributed by atoms with Gasteiger partial charge in [-0.25, -0.2) is 4.98 Å². The Balaban J connectivity index is 1.94. The molecule has 0 aliphatic rings. The van der Waals surface area contributed by atoms with Gasteiger partial charge in [-0.15, -0.1) is 0 Å². The number of benzene rings is 2. The molecule has 2 aromatic carbocycles. The predicted octanol–water partition coefficient (Wildman–Crippen LogP) is 4.48. The highest BCUT2D eigenvalue weighted by atomic mass is 19.4. The van der Waals surface area contributed by atoms with Crippen LogP contribution in [0.3, 0.4) is 0 Å². The summed E-state index contributed by atoms with van der Waals surface area (Å²) in [6.45, 7) is 2.00. The fourth-order valence-electron chi connectivity index (χ4n) is 2.34. The third-order valence-electron chi connectivity index (χ3n) is 3.31. The van der Waals surface area contributed by atoms with Crippen LogP contribution in [0, 0.1) is 6.92 Å². The van der Waals surface area contributed by atoms with E-state index in [1.165, 1.54) is 6.07 Å². The monoisotopic (exact) mass is 290 g/mol. The van der Waals surface area contributed by atoms with Gasteiger partial charge in [-0.3, -0.25) is 0 Å². The molecule has 108 valence electrons. The Morgan fingerprint density at radius 3 is 2.62 bits per heavy atom. The fraction of sp³-hybridized carbons (Fsp3) is 0.188. The molecule has 0 amide bonds. The topological polar surface area (TPSA) is 28.7 Å². The zero-order chi connectivity index (χ0) is 15.0. The highest BCUT2D eigenvalue weighted by molar-refractivity contribution is 5.76. The molecule has 1 aromatic heterocycles. The summed E-state index contributed by atoms with van der Waals surface area (Å²) in [6.07, 6.45) is -3.77. The summed E-state index contributed by atoms with van der Waals surface area (Å²) in [5.74, 6) is 0.662. The third-order valence-corrected chi connectivity index (χ3v) is 3.31. The van der Waals surface area contributed by atoms with Gasteiger partial charge in [-0.05, 0) is 30.7 Å². The van der Waals surface area contributed by atoms with Gasteiger partial charge in [0.1, 0.15) is 5.82 Å². The van der Waals surface area contributed by atoms with Crippen LogP contribution in [-0.4, -0.2) is 9.97 Å². The van der Waals surface area contributed by atoms with Gasteiger partial charge in [-0.2, -0.15) is 13.2 Å². The number of aromatic amines is 1. The zero-order valence-electron chi connectivity index (χ0n) is 11.3. The van der Waals surface area contributed by atoms with Gasteiger partial charge < -0.3 is 4.98 Å². The summed E-state index contributed by atoms with van der Waals surface area (Å²) in [4.78, 5) is 7.30. The molecule has 5 heteroatoms. The number of nitrogens with one attached hydrogen (secondary N) is 1. The first-order valence-electron chi connectivity index (χ1n) is 6.53. The number of hydrogen-bond acceptors (Lipinski definition) is 1. The molecule has 1 heterocycles. The van der Waals surface area contributed by atoms with E-state index in [0.717, 1.165) is 23.3 Å². The van der Waals surface area contributed by atoms with E-state index in [1.807, 2.05) is 31.2 Å². The van der Waals surface area contributed by atoms with Crippen molar-refractivity contribution in [2.75, 3.05) is 0 Å². The number of alkyl halides is 3. The Kier molecular flexibility index (Phi) is 3.20. The summed E-state index contributed by atoms with van der Waals surface area (Å²) in [7, 11) is 0. The number of aromatic nitrogens is 2. The van der Waals surface area contributed by atoms with Crippen molar-refractivity contribution >= 4 is 11.0 Å². The highest BCUT2D eigenvalue weighted by Gasteiger charge is 2.30. The normalized spacial score (nSPS) is 12.0. The van der Waals surface area contributed by atoms with Crippen molar-refractivity contribution in [3.05, 3.63) is 65.0 Å². The SMILES string of the molecule is Cc1cccc(Cc2nc3ccc(C(F)(F)F)cc3[nH]2)c1. The molecule has 0 aliphatic carbocycles. The van der Waals surface area contributed by atoms with E-state index in [2.05, 4.69) is 9.97 Å². The first-order valence-corrected chi connectivity index (χ1v) is 6.53. The maximum Gasteiger partial charge on any atom is 0.416 e. The van der Waals surface area contributed by atoms with Crippen molar-refractivity contribution in [2.45, 2.75) is 19.5 Å². The maximum absolute atomic E-state index is 12.7. The van der Waals surface area contributed by atoms with Crippen LogP contribution in [0.1, 0.15) is 22.5 Å². The van der Waals surface area contributed by atoms with Crippen molar-refractivity contribution in [1.82, 2.24) is 9.97 Å². The van der Waals surface area contributed by atoms with Gasteiger partial charge in [-0.1, -0.05) is 29.8 Å². The molecular formula is C16H13F3N2. The second kappa shape index (κ2) is 4.91. The van der Waals surface area contributed by atoms with Crippen LogP contribution in [0.25, 0.3) is 11.0 Å². The van der Waals surface area contributed by atoms with Crippen molar-refractivity contribution in [3.63, 3.8) is 0 Å². The van der Waals surface area contributed by atoms with Gasteiger partial charge in [0.15, 0.2) is 0 Å². The summed E-state index contributed by atoms with van der Waals surface area (Å²) in [6, 6.07) is 11.5. The maximum atomic E-state index is 12.7. The van der Waals surface area contributed by atoms with Crippen LogP contribution < -0.4 is 0 Å². The molecule has 3 rings (SSSR count). The molecule has 3 aromatic rings. The predicted molar refractivity (Wildman–Crippen MR) is 75.1 cm³/mol. The van der Waals surface area contributed by atoms with Crippen LogP contribution in [0.5, 0.6) is 0 Å². The number of aryl methyl sites for hydroxylation is 1. The average Bonchev–Trinajstić information content (AvgIpc) is 2.78. The largest absolute Gasteiger partial charge is 0.416 e. The molecule has 0 radical (unpaired) electrons. The van der Waals surface area contributed by atoms with E-state index in [9.17, 15) is 13.2 Å². The third kappa shape index (κ3) is 2.91. The first-order chi connectivity index (χ1) is 9.91. The number of nitrogens with zero attached hydrogens (tertiary/aromatic N) is 1. The summed E-state index contributed by atoms with van der Waals surface area (Å²) < 4.78 is 38.0. The standard InChI is InChI=1S/C16H13F3N2/c1-10-3-2-4-11(7-10)8-15-20-13-6-5-12(16(17,18)19)9-14(13)21-15/h2-7,9H,8H2,1H3,(H,20,21). The zero-order valence-corrected chi connectivity index (χ0v) is 11.3. The molecule has 0 aliphatic heterocycles. The molecule has 0 unspecified atom stereocenters. The summed E-state index contributed by atoms with van der Waals surface area (Å²) in [5, 5.41) is 0. The van der Waals surface area contributed by atoms with Crippen molar-refractivity contribution in [1.29, 1.82) is 0 Å². The van der Waals surface area contributed by atoms with E-state index in [-0.39, 0.29) is 0 Å². The van der Waals surface area contributed by atoms with Crippen LogP contribution in [0.4, 0.5) is 13.2 Å². The smallest absolute Gasteiger partial charge is 0.342 e. The molecule has 0 spiro atoms. The van der Waals surface area contributed by atoms with Crippen LogP contribution in [0.2, 0.25) is 0 Å². The van der Waals surface area contributed by atoms with Gasteiger partial charge in [0.25, 0.3) is 0 Å². The molecule has 0 bridgehead atoms. The van der Waals surface area contributed by atoms with E-state index >= 15 is 0 Å². The molecule has 0 atom stereocenters. The Labute approximate surface area is 119 Å². The Hall–Kier alpha value is -2.30. The van der Waals surface area contributed by atoms with E-state index < -0.39 is 11.7 Å². The number of halogens is 3. The van der Waals surface area contributed by atoms with Crippen molar-refractivity contribution < 1.29 is 13.2 Å². The van der Waals surface area contributed by atoms with Crippen molar-refractivity contribution in [2.24, 2.45) is 0 Å². The molecule has 0 fully saturated rings. The average molecular weight is 290 g/mol. The van der Waals surface area contributed by atoms with Gasteiger partial charge in [0, 0.05) is 6.42 Å². The minimum absolute atomic E-state index is 0.410. The van der Waals surface area contributed by atoms with Gasteiger partial charge in [0.05, 0.1) is 16.6 Å². The van der Waals surface area contributed by atoms with E-state index in [4.69, 9.17) is 0 Å². The lowest BCUT2D eigenvalue weighted by Crippen LogP contribution is -2.04. The molecule has 0 saturated heterocycles. The molecule has 0 saturated carbocycles. The second-order valence-corrected chi connectivity index (χ2v) is 5.08. The van der Waals surface area contributed by atoms with Crippen LogP contribution in [-0.2, 0) is 12.6 Å².